The van der Waals surface area contributed by atoms with Crippen LogP contribution in [0.15, 0.2) is 53.5 Å². The molecule has 0 unspecified atom stereocenters. The zero-order valence-corrected chi connectivity index (χ0v) is 20.3. The number of benzene rings is 2. The van der Waals surface area contributed by atoms with Crippen molar-refractivity contribution < 1.29 is 4.74 Å². The number of rotatable bonds is 6. The Hall–Kier alpha value is -3.53. The topological polar surface area (TPSA) is 97.2 Å². The third kappa shape index (κ3) is 4.70. The summed E-state index contributed by atoms with van der Waals surface area (Å²) in [6.07, 6.45) is 1.53. The number of aryl methyl sites for hydroxylation is 1. The number of anilines is 3. The number of fused-ring (bicyclic) bond motifs is 1. The van der Waals surface area contributed by atoms with Gasteiger partial charge in [0.15, 0.2) is 5.65 Å². The molecule has 2 N–H and O–H groups in total. The first-order valence-electron chi connectivity index (χ1n) is 11.4. The molecule has 0 atom stereocenters. The fourth-order valence-corrected chi connectivity index (χ4v) is 4.50. The highest BCUT2D eigenvalue weighted by atomic mass is 35.5. The van der Waals surface area contributed by atoms with Crippen LogP contribution >= 0.6 is 11.6 Å². The van der Waals surface area contributed by atoms with Crippen LogP contribution in [-0.4, -0.2) is 53.1 Å². The molecule has 2 aromatic carbocycles. The van der Waals surface area contributed by atoms with E-state index in [1.807, 2.05) is 25.2 Å². The highest BCUT2D eigenvalue weighted by Crippen LogP contribution is 2.27. The van der Waals surface area contributed by atoms with Gasteiger partial charge in [0.25, 0.3) is 0 Å². The predicted molar refractivity (Wildman–Crippen MR) is 139 cm³/mol. The van der Waals surface area contributed by atoms with Crippen LogP contribution in [0.25, 0.3) is 22.3 Å². The van der Waals surface area contributed by atoms with E-state index in [9.17, 15) is 4.79 Å². The van der Waals surface area contributed by atoms with Gasteiger partial charge in [0, 0.05) is 49.8 Å². The lowest BCUT2D eigenvalue weighted by Crippen LogP contribution is -2.37. The van der Waals surface area contributed by atoms with E-state index in [4.69, 9.17) is 16.3 Å². The third-order valence-electron chi connectivity index (χ3n) is 5.97. The first kappa shape index (κ1) is 23.2. The maximum absolute atomic E-state index is 13.2. The van der Waals surface area contributed by atoms with E-state index in [-0.39, 0.29) is 11.1 Å². The Morgan fingerprint density at radius 2 is 1.94 bits per heavy atom. The summed E-state index contributed by atoms with van der Waals surface area (Å²) in [5.74, 6) is 0.384. The van der Waals surface area contributed by atoms with Crippen LogP contribution in [0, 0.1) is 0 Å². The molecule has 0 spiro atoms. The number of nitrogens with zero attached hydrogens (tertiary/aromatic N) is 5. The first-order valence-corrected chi connectivity index (χ1v) is 11.8. The SMILES string of the molecule is CNCc1cc(Nc2ncc3c(=O)c(-c4ccccc4Cl)nn(C)c3n2)ccc1N1CCOCC1. The van der Waals surface area contributed by atoms with Gasteiger partial charge in [-0.2, -0.15) is 10.1 Å². The van der Waals surface area contributed by atoms with E-state index < -0.39 is 0 Å². The summed E-state index contributed by atoms with van der Waals surface area (Å²) in [4.78, 5) is 24.5. The van der Waals surface area contributed by atoms with Crippen molar-refractivity contribution in [2.24, 2.45) is 7.05 Å². The van der Waals surface area contributed by atoms with Crippen molar-refractivity contribution in [1.82, 2.24) is 25.1 Å². The Balaban J connectivity index is 1.47. The van der Waals surface area contributed by atoms with Gasteiger partial charge in [-0.1, -0.05) is 29.8 Å². The van der Waals surface area contributed by atoms with Crippen molar-refractivity contribution in [3.63, 3.8) is 0 Å². The van der Waals surface area contributed by atoms with Gasteiger partial charge in [0.1, 0.15) is 5.69 Å². The van der Waals surface area contributed by atoms with E-state index in [2.05, 4.69) is 42.7 Å². The molecule has 5 rings (SSSR count). The molecule has 1 aliphatic heterocycles. The summed E-state index contributed by atoms with van der Waals surface area (Å²) in [6.45, 7) is 3.93. The quantitative estimate of drug-likeness (QED) is 0.424. The number of halogens is 1. The molecule has 0 aliphatic carbocycles. The lowest BCUT2D eigenvalue weighted by atomic mass is 10.1. The molecule has 35 heavy (non-hydrogen) atoms. The Labute approximate surface area is 207 Å². The Morgan fingerprint density at radius 3 is 2.71 bits per heavy atom. The van der Waals surface area contributed by atoms with Crippen LogP contribution in [0.5, 0.6) is 0 Å². The van der Waals surface area contributed by atoms with Gasteiger partial charge < -0.3 is 20.3 Å². The predicted octanol–water partition coefficient (Wildman–Crippen LogP) is 3.34. The highest BCUT2D eigenvalue weighted by Gasteiger charge is 2.17. The molecule has 3 heterocycles. The average molecular weight is 492 g/mol. The molecule has 4 aromatic rings. The van der Waals surface area contributed by atoms with Crippen LogP contribution in [-0.2, 0) is 18.3 Å². The third-order valence-corrected chi connectivity index (χ3v) is 6.30. The van der Waals surface area contributed by atoms with Gasteiger partial charge in [-0.05, 0) is 36.9 Å². The van der Waals surface area contributed by atoms with Crippen molar-refractivity contribution in [3.05, 3.63) is 69.5 Å². The van der Waals surface area contributed by atoms with Gasteiger partial charge in [-0.15, -0.1) is 0 Å². The second kappa shape index (κ2) is 9.99. The van der Waals surface area contributed by atoms with Gasteiger partial charge in [-0.25, -0.2) is 9.67 Å². The van der Waals surface area contributed by atoms with Crippen LogP contribution in [0.4, 0.5) is 17.3 Å². The number of nitrogens with one attached hydrogen (secondary N) is 2. The Kier molecular flexibility index (Phi) is 6.63. The van der Waals surface area contributed by atoms with Gasteiger partial charge >= 0.3 is 0 Å². The largest absolute Gasteiger partial charge is 0.378 e. The lowest BCUT2D eigenvalue weighted by Gasteiger charge is -2.31. The number of morpholine rings is 1. The normalized spacial score (nSPS) is 13.9. The van der Waals surface area contributed by atoms with Gasteiger partial charge in [-0.3, -0.25) is 4.79 Å². The second-order valence-corrected chi connectivity index (χ2v) is 8.72. The van der Waals surface area contributed by atoms with Crippen molar-refractivity contribution in [1.29, 1.82) is 0 Å². The summed E-state index contributed by atoms with van der Waals surface area (Å²) in [5.41, 5.74) is 4.23. The fourth-order valence-electron chi connectivity index (χ4n) is 4.28. The molecule has 0 saturated carbocycles. The standard InChI is InChI=1S/C25H26ClN7O2/c1-27-14-16-13-17(7-8-21(16)33-9-11-35-12-10-33)29-25-28-15-19-23(34)22(31-32(2)24(19)30-25)18-5-3-4-6-20(18)26/h3-8,13,15,27H,9-12,14H2,1-2H3,(H,28,29,30). The van der Waals surface area contributed by atoms with Gasteiger partial charge in [0.2, 0.25) is 11.4 Å². The van der Waals surface area contributed by atoms with Crippen molar-refractivity contribution in [2.75, 3.05) is 43.6 Å². The fraction of sp³-hybridized carbons (Fsp3) is 0.280. The number of aromatic nitrogens is 4. The molecule has 9 nitrogen and oxygen atoms in total. The second-order valence-electron chi connectivity index (χ2n) is 8.31. The molecule has 1 saturated heterocycles. The first-order chi connectivity index (χ1) is 17.0. The Morgan fingerprint density at radius 1 is 1.14 bits per heavy atom. The van der Waals surface area contributed by atoms with Crippen LogP contribution in [0.2, 0.25) is 5.02 Å². The number of hydrogen-bond acceptors (Lipinski definition) is 8. The average Bonchev–Trinajstić information content (AvgIpc) is 2.88. The summed E-state index contributed by atoms with van der Waals surface area (Å²) in [5, 5.41) is 11.8. The number of ether oxygens (including phenoxy) is 1. The monoisotopic (exact) mass is 491 g/mol. The summed E-state index contributed by atoms with van der Waals surface area (Å²) >= 11 is 6.30. The van der Waals surface area contributed by atoms with E-state index in [1.54, 1.807) is 23.9 Å². The van der Waals surface area contributed by atoms with Gasteiger partial charge in [0.05, 0.1) is 23.6 Å². The van der Waals surface area contributed by atoms with E-state index in [1.165, 1.54) is 17.4 Å². The molecule has 0 amide bonds. The van der Waals surface area contributed by atoms with E-state index >= 15 is 0 Å². The minimum Gasteiger partial charge on any atom is -0.378 e. The van der Waals surface area contributed by atoms with Crippen LogP contribution in [0.1, 0.15) is 5.56 Å². The molecule has 1 aliphatic rings. The zero-order valence-electron chi connectivity index (χ0n) is 19.6. The minimum absolute atomic E-state index is 0.260. The molecule has 10 heteroatoms. The highest BCUT2D eigenvalue weighted by molar-refractivity contribution is 6.33. The summed E-state index contributed by atoms with van der Waals surface area (Å²) in [6, 6.07) is 13.4. The molecule has 2 aromatic heterocycles. The molecular weight excluding hydrogens is 466 g/mol. The van der Waals surface area contributed by atoms with E-state index in [0.717, 1.165) is 38.5 Å². The van der Waals surface area contributed by atoms with Crippen molar-refractivity contribution in [2.45, 2.75) is 6.54 Å². The zero-order chi connectivity index (χ0) is 24.4. The minimum atomic E-state index is -0.260. The summed E-state index contributed by atoms with van der Waals surface area (Å²) in [7, 11) is 3.68. The van der Waals surface area contributed by atoms with Crippen LogP contribution in [0.3, 0.4) is 0 Å². The maximum Gasteiger partial charge on any atom is 0.229 e. The van der Waals surface area contributed by atoms with E-state index in [0.29, 0.717) is 27.6 Å². The molecular formula is C25H26ClN7O2. The van der Waals surface area contributed by atoms with Crippen LogP contribution < -0.4 is 21.0 Å². The van der Waals surface area contributed by atoms with Crippen molar-refractivity contribution in [3.8, 4) is 11.3 Å². The Bertz CT molecular complexity index is 1430. The molecule has 1 fully saturated rings. The smallest absolute Gasteiger partial charge is 0.229 e. The summed E-state index contributed by atoms with van der Waals surface area (Å²) < 4.78 is 7.07. The molecule has 0 bridgehead atoms. The molecule has 180 valence electrons. The van der Waals surface area contributed by atoms with Crippen molar-refractivity contribution >= 4 is 40.0 Å². The molecule has 0 radical (unpaired) electrons. The lowest BCUT2D eigenvalue weighted by molar-refractivity contribution is 0.122. The maximum atomic E-state index is 13.2. The number of hydrogen-bond donors (Lipinski definition) is 2.